The van der Waals surface area contributed by atoms with Crippen LogP contribution in [0.15, 0.2) is 53.5 Å². The molecule has 1 aliphatic rings. The van der Waals surface area contributed by atoms with Gasteiger partial charge in [-0.2, -0.15) is 4.98 Å². The van der Waals surface area contributed by atoms with Gasteiger partial charge in [0.25, 0.3) is 0 Å². The number of allylic oxidation sites excluding steroid dienone is 1. The third-order valence-corrected chi connectivity index (χ3v) is 4.75. The van der Waals surface area contributed by atoms with Crippen molar-refractivity contribution in [1.82, 2.24) is 4.98 Å². The van der Waals surface area contributed by atoms with Crippen LogP contribution in [-0.4, -0.2) is 27.4 Å². The van der Waals surface area contributed by atoms with Gasteiger partial charge in [-0.05, 0) is 30.3 Å². The quantitative estimate of drug-likeness (QED) is 0.632. The Balaban J connectivity index is 1.61. The number of rotatable bonds is 4. The summed E-state index contributed by atoms with van der Waals surface area (Å²) >= 11 is 1.27. The van der Waals surface area contributed by atoms with E-state index in [1.54, 1.807) is 18.3 Å². The Kier molecular flexibility index (Phi) is 3.98. The Morgan fingerprint density at radius 3 is 2.85 bits per heavy atom. The SMILES string of the molecule is O=C(O)c1cccc(Nc2nc(O)c(/C=C3/C=Nc4ccccc43)s2)c1. The molecule has 2 aromatic carbocycles. The lowest BCUT2D eigenvalue weighted by atomic mass is 10.1. The van der Waals surface area contributed by atoms with Crippen molar-refractivity contribution in [2.75, 3.05) is 5.32 Å². The van der Waals surface area contributed by atoms with Crippen LogP contribution in [0.5, 0.6) is 5.88 Å². The van der Waals surface area contributed by atoms with Gasteiger partial charge in [0.2, 0.25) is 5.88 Å². The van der Waals surface area contributed by atoms with E-state index in [0.29, 0.717) is 15.7 Å². The third-order valence-electron chi connectivity index (χ3n) is 3.84. The van der Waals surface area contributed by atoms with Gasteiger partial charge in [0.15, 0.2) is 5.13 Å². The fourth-order valence-electron chi connectivity index (χ4n) is 2.62. The maximum atomic E-state index is 11.1. The van der Waals surface area contributed by atoms with Gasteiger partial charge in [-0.3, -0.25) is 4.99 Å². The molecule has 0 radical (unpaired) electrons. The minimum atomic E-state index is -1.000. The summed E-state index contributed by atoms with van der Waals surface area (Å²) in [6.45, 7) is 0. The molecule has 128 valence electrons. The first-order chi connectivity index (χ1) is 12.6. The molecule has 7 heteroatoms. The van der Waals surface area contributed by atoms with Gasteiger partial charge in [0.1, 0.15) is 0 Å². The lowest BCUT2D eigenvalue weighted by Crippen LogP contribution is -1.97. The number of hydrogen-bond donors (Lipinski definition) is 3. The summed E-state index contributed by atoms with van der Waals surface area (Å²) in [5.41, 5.74) is 3.57. The van der Waals surface area contributed by atoms with Crippen LogP contribution < -0.4 is 5.32 Å². The number of aromatic carboxylic acids is 1. The van der Waals surface area contributed by atoms with E-state index in [2.05, 4.69) is 15.3 Å². The predicted molar refractivity (Wildman–Crippen MR) is 103 cm³/mol. The highest BCUT2D eigenvalue weighted by atomic mass is 32.1. The molecule has 3 N–H and O–H groups in total. The number of nitrogens with one attached hydrogen (secondary N) is 1. The van der Waals surface area contributed by atoms with Gasteiger partial charge in [0, 0.05) is 23.0 Å². The molecule has 4 rings (SSSR count). The largest absolute Gasteiger partial charge is 0.492 e. The molecule has 0 saturated carbocycles. The number of carbonyl (C=O) groups is 1. The summed E-state index contributed by atoms with van der Waals surface area (Å²) in [6, 6.07) is 14.2. The molecule has 0 spiro atoms. The van der Waals surface area contributed by atoms with E-state index in [4.69, 9.17) is 5.11 Å². The number of hydrogen-bond acceptors (Lipinski definition) is 6. The van der Waals surface area contributed by atoms with Crippen molar-refractivity contribution in [3.05, 3.63) is 64.5 Å². The van der Waals surface area contributed by atoms with Crippen molar-refractivity contribution in [2.45, 2.75) is 0 Å². The zero-order chi connectivity index (χ0) is 18.1. The maximum absolute atomic E-state index is 11.1. The van der Waals surface area contributed by atoms with Crippen molar-refractivity contribution in [3.8, 4) is 5.88 Å². The minimum Gasteiger partial charge on any atom is -0.492 e. The smallest absolute Gasteiger partial charge is 0.335 e. The number of aliphatic imine (C=N–C) groups is 1. The Hall–Kier alpha value is -3.45. The monoisotopic (exact) mass is 363 g/mol. The molecule has 0 fully saturated rings. The van der Waals surface area contributed by atoms with E-state index in [1.807, 2.05) is 30.3 Å². The summed E-state index contributed by atoms with van der Waals surface area (Å²) in [6.07, 6.45) is 3.59. The highest BCUT2D eigenvalue weighted by Gasteiger charge is 2.15. The summed E-state index contributed by atoms with van der Waals surface area (Å²) in [5, 5.41) is 22.7. The molecule has 6 nitrogen and oxygen atoms in total. The average Bonchev–Trinajstić information content (AvgIpc) is 3.19. The molecule has 0 bridgehead atoms. The van der Waals surface area contributed by atoms with Gasteiger partial charge < -0.3 is 15.5 Å². The second kappa shape index (κ2) is 6.45. The minimum absolute atomic E-state index is 0.0860. The Morgan fingerprint density at radius 1 is 1.15 bits per heavy atom. The molecule has 0 aliphatic carbocycles. The molecular formula is C19H13N3O3S. The number of benzene rings is 2. The van der Waals surface area contributed by atoms with E-state index in [0.717, 1.165) is 16.8 Å². The van der Waals surface area contributed by atoms with Crippen LogP contribution in [0.25, 0.3) is 11.6 Å². The first kappa shape index (κ1) is 16.0. The van der Waals surface area contributed by atoms with Gasteiger partial charge >= 0.3 is 5.97 Å². The fourth-order valence-corrected chi connectivity index (χ4v) is 3.45. The lowest BCUT2D eigenvalue weighted by Gasteiger charge is -2.02. The topological polar surface area (TPSA) is 94.8 Å². The van der Waals surface area contributed by atoms with Crippen LogP contribution in [0.1, 0.15) is 20.8 Å². The molecule has 3 aromatic rings. The van der Waals surface area contributed by atoms with Crippen molar-refractivity contribution in [2.24, 2.45) is 4.99 Å². The molecule has 1 aromatic heterocycles. The molecule has 0 saturated heterocycles. The lowest BCUT2D eigenvalue weighted by molar-refractivity contribution is 0.0697. The zero-order valence-corrected chi connectivity index (χ0v) is 14.2. The number of aromatic nitrogens is 1. The maximum Gasteiger partial charge on any atom is 0.335 e. The van der Waals surface area contributed by atoms with Crippen LogP contribution >= 0.6 is 11.3 Å². The van der Waals surface area contributed by atoms with E-state index >= 15 is 0 Å². The standard InChI is InChI=1S/C19H13N3O3S/c23-17-16(9-12-10-20-15-7-2-1-6-14(12)15)26-19(22-17)21-13-5-3-4-11(8-13)18(24)25/h1-10,23H,(H,21,22)(H,24,25)/b12-9-. The highest BCUT2D eigenvalue weighted by Crippen LogP contribution is 2.37. The number of fused-ring (bicyclic) bond motifs is 1. The van der Waals surface area contributed by atoms with Crippen LogP contribution in [0, 0.1) is 0 Å². The van der Waals surface area contributed by atoms with Crippen LogP contribution in [0.4, 0.5) is 16.5 Å². The number of carboxylic acid groups (broad SMARTS) is 1. The fraction of sp³-hybridized carbons (Fsp3) is 0. The van der Waals surface area contributed by atoms with Crippen molar-refractivity contribution in [3.63, 3.8) is 0 Å². The van der Waals surface area contributed by atoms with Crippen molar-refractivity contribution in [1.29, 1.82) is 0 Å². The summed E-state index contributed by atoms with van der Waals surface area (Å²) in [7, 11) is 0. The normalized spacial score (nSPS) is 13.8. The summed E-state index contributed by atoms with van der Waals surface area (Å²) < 4.78 is 0. The van der Waals surface area contributed by atoms with Crippen LogP contribution in [0.2, 0.25) is 0 Å². The Morgan fingerprint density at radius 2 is 2.00 bits per heavy atom. The molecule has 26 heavy (non-hydrogen) atoms. The van der Waals surface area contributed by atoms with E-state index in [1.165, 1.54) is 23.5 Å². The van der Waals surface area contributed by atoms with Gasteiger partial charge in [-0.25, -0.2) is 4.79 Å². The highest BCUT2D eigenvalue weighted by molar-refractivity contribution is 7.16. The number of carboxylic acids is 1. The molecular weight excluding hydrogens is 350 g/mol. The van der Waals surface area contributed by atoms with Crippen molar-refractivity contribution < 1.29 is 15.0 Å². The molecule has 0 unspecified atom stereocenters. The first-order valence-corrected chi connectivity index (χ1v) is 8.57. The second-order valence-electron chi connectivity index (χ2n) is 5.59. The average molecular weight is 363 g/mol. The number of anilines is 2. The van der Waals surface area contributed by atoms with Crippen LogP contribution in [0.3, 0.4) is 0 Å². The predicted octanol–water partition coefficient (Wildman–Crippen LogP) is 4.55. The van der Waals surface area contributed by atoms with E-state index < -0.39 is 5.97 Å². The van der Waals surface area contributed by atoms with Gasteiger partial charge in [-0.15, -0.1) is 0 Å². The first-order valence-electron chi connectivity index (χ1n) is 7.75. The summed E-state index contributed by atoms with van der Waals surface area (Å²) in [4.78, 5) is 20.1. The Bertz CT molecular complexity index is 1070. The van der Waals surface area contributed by atoms with E-state index in [9.17, 15) is 9.90 Å². The number of thiazole rings is 1. The Labute approximate surface area is 152 Å². The van der Waals surface area contributed by atoms with Gasteiger partial charge in [0.05, 0.1) is 16.1 Å². The van der Waals surface area contributed by atoms with Gasteiger partial charge in [-0.1, -0.05) is 35.6 Å². The molecule has 1 aliphatic heterocycles. The molecule has 0 atom stereocenters. The molecule has 2 heterocycles. The molecule has 0 amide bonds. The third kappa shape index (κ3) is 3.07. The summed E-state index contributed by atoms with van der Waals surface area (Å²) in [5.74, 6) is -1.09. The second-order valence-corrected chi connectivity index (χ2v) is 6.62. The zero-order valence-electron chi connectivity index (χ0n) is 13.4. The number of nitrogens with zero attached hydrogens (tertiary/aromatic N) is 2. The van der Waals surface area contributed by atoms with Crippen LogP contribution in [-0.2, 0) is 0 Å². The number of para-hydroxylation sites is 1. The number of aromatic hydroxyl groups is 1. The van der Waals surface area contributed by atoms with Crippen molar-refractivity contribution >= 4 is 51.7 Å². The van der Waals surface area contributed by atoms with E-state index in [-0.39, 0.29) is 11.4 Å².